The fourth-order valence-electron chi connectivity index (χ4n) is 11.6. The van der Waals surface area contributed by atoms with E-state index in [1.54, 1.807) is 29.8 Å². The molecule has 2 aromatic carbocycles. The number of hydrogen-bond donors (Lipinski definition) is 0. The van der Waals surface area contributed by atoms with Gasteiger partial charge >= 0.3 is 11.9 Å². The van der Waals surface area contributed by atoms with Gasteiger partial charge in [-0.25, -0.2) is 0 Å². The molecule has 4 aliphatic rings. The molecule has 0 amide bonds. The molecule has 0 aliphatic heterocycles. The van der Waals surface area contributed by atoms with Crippen LogP contribution in [0.1, 0.15) is 157 Å². The van der Waals surface area contributed by atoms with E-state index < -0.39 is 0 Å². The summed E-state index contributed by atoms with van der Waals surface area (Å²) in [4.78, 5) is 25.2. The Labute approximate surface area is 332 Å². The zero-order chi connectivity index (χ0) is 38.8. The summed E-state index contributed by atoms with van der Waals surface area (Å²) in [5.74, 6) is 5.36. The van der Waals surface area contributed by atoms with Crippen LogP contribution in [-0.2, 0) is 14.3 Å². The van der Waals surface area contributed by atoms with E-state index in [1.165, 1.54) is 51.4 Å². The van der Waals surface area contributed by atoms with Gasteiger partial charge in [0.25, 0.3) is 0 Å². The van der Waals surface area contributed by atoms with Crippen molar-refractivity contribution in [2.75, 3.05) is 0 Å². The van der Waals surface area contributed by atoms with Crippen molar-refractivity contribution < 1.29 is 19.1 Å². The molecular weight excluding hydrogens is 681 g/mol. The van der Waals surface area contributed by atoms with Crippen molar-refractivity contribution in [1.82, 2.24) is 0 Å². The van der Waals surface area contributed by atoms with E-state index in [9.17, 15) is 9.59 Å². The standard InChI is InChI=1S/C49H70N2O4/c1-35(2)16-15-17-36(3)43-28-29-44-42-27-22-37-34-41(30-32-48(37,4)45(42)31-33-49(43,44)5)55-47(53)21-14-9-7-6-8-13-20-46(52)54-40-25-23-39(24-26-40)51-50-38-18-11-10-12-19-38/h10-12,18-19,22-26,35-36,41-45H,6-9,13-17,20-21,27-34H2,1-5H3/t36-,41+,42+,43-,44+,45+,48+,49-/m1/s1. The van der Waals surface area contributed by atoms with Gasteiger partial charge in [-0.3, -0.25) is 9.59 Å². The molecule has 0 aromatic heterocycles. The number of unbranched alkanes of at least 4 members (excludes halogenated alkanes) is 5. The first-order valence-electron chi connectivity index (χ1n) is 22.2. The highest BCUT2D eigenvalue weighted by atomic mass is 16.5. The third-order valence-corrected chi connectivity index (χ3v) is 14.7. The summed E-state index contributed by atoms with van der Waals surface area (Å²) < 4.78 is 11.6. The molecule has 0 heterocycles. The smallest absolute Gasteiger partial charge is 0.311 e. The molecule has 2 aromatic rings. The average Bonchev–Trinajstić information content (AvgIpc) is 3.53. The molecular formula is C49H70N2O4. The number of benzene rings is 2. The SMILES string of the molecule is CC(C)CCC[C@@H](C)[C@H]1CC[C@H]2[C@@H]3CC=C4C[C@@H](OC(=O)CCCCCCCCC(=O)Oc5ccc(N=Nc6ccccc6)cc5)CC[C@]4(C)[C@H]3CC[C@]12C. The number of azo groups is 1. The Bertz CT molecular complexity index is 1600. The van der Waals surface area contributed by atoms with Crippen LogP contribution in [0.15, 0.2) is 76.5 Å². The van der Waals surface area contributed by atoms with Crippen LogP contribution in [0.5, 0.6) is 5.75 Å². The zero-order valence-electron chi connectivity index (χ0n) is 34.8. The number of hydrogen-bond acceptors (Lipinski definition) is 6. The van der Waals surface area contributed by atoms with Crippen LogP contribution in [0.25, 0.3) is 0 Å². The number of ether oxygens (including phenoxy) is 2. The fraction of sp³-hybridized carbons (Fsp3) is 0.673. The molecule has 3 fully saturated rings. The first-order valence-corrected chi connectivity index (χ1v) is 22.2. The highest BCUT2D eigenvalue weighted by Crippen LogP contribution is 2.67. The Kier molecular flexibility index (Phi) is 14.5. The van der Waals surface area contributed by atoms with E-state index in [0.29, 0.717) is 29.7 Å². The van der Waals surface area contributed by atoms with Gasteiger partial charge in [-0.1, -0.05) is 109 Å². The molecule has 300 valence electrons. The Morgan fingerprint density at radius 2 is 1.40 bits per heavy atom. The lowest BCUT2D eigenvalue weighted by Crippen LogP contribution is -2.51. The Balaban J connectivity index is 0.839. The van der Waals surface area contributed by atoms with Crippen molar-refractivity contribution in [2.45, 2.75) is 163 Å². The minimum atomic E-state index is -0.213. The molecule has 0 saturated heterocycles. The van der Waals surface area contributed by atoms with Gasteiger partial charge in [-0.05, 0) is 141 Å². The van der Waals surface area contributed by atoms with Gasteiger partial charge in [0.05, 0.1) is 11.4 Å². The number of esters is 2. The quantitative estimate of drug-likeness (QED) is 0.0500. The Morgan fingerprint density at radius 1 is 0.727 bits per heavy atom. The van der Waals surface area contributed by atoms with E-state index in [2.05, 4.69) is 50.9 Å². The summed E-state index contributed by atoms with van der Waals surface area (Å²) in [6.07, 6.45) is 23.6. The van der Waals surface area contributed by atoms with Gasteiger partial charge in [0.2, 0.25) is 0 Å². The number of carbonyl (C=O) groups excluding carboxylic acids is 2. The lowest BCUT2D eigenvalue weighted by atomic mass is 9.47. The van der Waals surface area contributed by atoms with Crippen molar-refractivity contribution in [3.63, 3.8) is 0 Å². The predicted octanol–water partition coefficient (Wildman–Crippen LogP) is 14.1. The average molecular weight is 751 g/mol. The van der Waals surface area contributed by atoms with Crippen molar-refractivity contribution in [3.05, 3.63) is 66.2 Å². The molecule has 8 atom stereocenters. The second-order valence-electron chi connectivity index (χ2n) is 18.8. The van der Waals surface area contributed by atoms with Gasteiger partial charge in [0, 0.05) is 19.3 Å². The summed E-state index contributed by atoms with van der Waals surface area (Å²) in [5, 5.41) is 8.44. The Morgan fingerprint density at radius 3 is 2.11 bits per heavy atom. The van der Waals surface area contributed by atoms with Crippen LogP contribution < -0.4 is 4.74 Å². The maximum atomic E-state index is 12.9. The minimum Gasteiger partial charge on any atom is -0.462 e. The van der Waals surface area contributed by atoms with Crippen LogP contribution in [0.3, 0.4) is 0 Å². The second-order valence-corrected chi connectivity index (χ2v) is 18.8. The molecule has 0 spiro atoms. The van der Waals surface area contributed by atoms with E-state index in [1.807, 2.05) is 30.3 Å². The number of nitrogens with zero attached hydrogens (tertiary/aromatic N) is 2. The van der Waals surface area contributed by atoms with Gasteiger partial charge < -0.3 is 9.47 Å². The maximum absolute atomic E-state index is 12.9. The number of rotatable bonds is 18. The van der Waals surface area contributed by atoms with Crippen molar-refractivity contribution in [2.24, 2.45) is 56.6 Å². The van der Waals surface area contributed by atoms with Crippen molar-refractivity contribution in [3.8, 4) is 5.75 Å². The van der Waals surface area contributed by atoms with Crippen LogP contribution in [0.4, 0.5) is 11.4 Å². The zero-order valence-corrected chi connectivity index (χ0v) is 34.8. The van der Waals surface area contributed by atoms with Crippen LogP contribution in [0, 0.1) is 46.3 Å². The molecule has 6 rings (SSSR count). The summed E-state index contributed by atoms with van der Waals surface area (Å²) in [6, 6.07) is 16.7. The number of carbonyl (C=O) groups is 2. The molecule has 0 unspecified atom stereocenters. The van der Waals surface area contributed by atoms with Crippen molar-refractivity contribution >= 4 is 23.3 Å². The monoisotopic (exact) mass is 751 g/mol. The molecule has 6 heteroatoms. The first-order chi connectivity index (χ1) is 26.5. The van der Waals surface area contributed by atoms with E-state index >= 15 is 0 Å². The first kappa shape index (κ1) is 41.4. The highest BCUT2D eigenvalue weighted by molar-refractivity contribution is 5.72. The Hall–Kier alpha value is -3.28. The van der Waals surface area contributed by atoms with E-state index in [-0.39, 0.29) is 23.5 Å². The fourth-order valence-corrected chi connectivity index (χ4v) is 11.6. The van der Waals surface area contributed by atoms with Gasteiger partial charge in [0.1, 0.15) is 11.9 Å². The lowest BCUT2D eigenvalue weighted by molar-refractivity contribution is -0.151. The largest absolute Gasteiger partial charge is 0.462 e. The van der Waals surface area contributed by atoms with E-state index in [4.69, 9.17) is 9.47 Å². The second kappa shape index (κ2) is 19.2. The van der Waals surface area contributed by atoms with Crippen LogP contribution in [0.2, 0.25) is 0 Å². The number of allylic oxidation sites excluding steroid dienone is 1. The normalized spacial score (nSPS) is 29.3. The van der Waals surface area contributed by atoms with Gasteiger partial charge in [-0.15, -0.1) is 0 Å². The third-order valence-electron chi connectivity index (χ3n) is 14.7. The predicted molar refractivity (Wildman–Crippen MR) is 223 cm³/mol. The molecule has 3 saturated carbocycles. The third kappa shape index (κ3) is 10.6. The molecule has 4 aliphatic carbocycles. The van der Waals surface area contributed by atoms with E-state index in [0.717, 1.165) is 99.0 Å². The minimum absolute atomic E-state index is 0.0223. The molecule has 0 bridgehead atoms. The van der Waals surface area contributed by atoms with Crippen molar-refractivity contribution in [1.29, 1.82) is 0 Å². The summed E-state index contributed by atoms with van der Waals surface area (Å²) in [5.41, 5.74) is 3.90. The topological polar surface area (TPSA) is 77.3 Å². The molecule has 0 radical (unpaired) electrons. The lowest BCUT2D eigenvalue weighted by Gasteiger charge is -2.58. The van der Waals surface area contributed by atoms with Crippen LogP contribution >= 0.6 is 0 Å². The highest BCUT2D eigenvalue weighted by Gasteiger charge is 2.59. The molecule has 0 N–H and O–H groups in total. The number of fused-ring (bicyclic) bond motifs is 5. The molecule has 55 heavy (non-hydrogen) atoms. The maximum Gasteiger partial charge on any atom is 0.311 e. The summed E-state index contributed by atoms with van der Waals surface area (Å²) in [7, 11) is 0. The van der Waals surface area contributed by atoms with Crippen LogP contribution in [-0.4, -0.2) is 18.0 Å². The molecule has 6 nitrogen and oxygen atoms in total. The summed E-state index contributed by atoms with van der Waals surface area (Å²) >= 11 is 0. The summed E-state index contributed by atoms with van der Waals surface area (Å²) in [6.45, 7) is 12.6. The van der Waals surface area contributed by atoms with Gasteiger partial charge in [0.15, 0.2) is 0 Å². The van der Waals surface area contributed by atoms with Gasteiger partial charge in [-0.2, -0.15) is 10.2 Å².